The van der Waals surface area contributed by atoms with Crippen LogP contribution in [0, 0.1) is 24.0 Å². The molecule has 148 valence electrons. The van der Waals surface area contributed by atoms with E-state index in [1.54, 1.807) is 32.0 Å². The van der Waals surface area contributed by atoms with Gasteiger partial charge in [0.1, 0.15) is 0 Å². The minimum atomic E-state index is -3.85. The zero-order valence-electron chi connectivity index (χ0n) is 15.6. The van der Waals surface area contributed by atoms with Crippen LogP contribution in [0.5, 0.6) is 0 Å². The molecule has 0 radical (unpaired) electrons. The highest BCUT2D eigenvalue weighted by atomic mass is 32.2. The molecule has 0 aliphatic rings. The number of rotatable bonds is 6. The van der Waals surface area contributed by atoms with Gasteiger partial charge in [-0.15, -0.1) is 0 Å². The quantitative estimate of drug-likeness (QED) is 0.375. The van der Waals surface area contributed by atoms with Crippen molar-refractivity contribution in [3.8, 4) is 0 Å². The summed E-state index contributed by atoms with van der Waals surface area (Å²) in [5, 5.41) is 10.8. The molecule has 0 atom stereocenters. The first-order valence-corrected chi connectivity index (χ1v) is 9.95. The number of non-ortho nitro benzene ring substituents is 1. The van der Waals surface area contributed by atoms with Crippen molar-refractivity contribution >= 4 is 33.6 Å². The van der Waals surface area contributed by atoms with E-state index in [4.69, 9.17) is 0 Å². The SMILES string of the molecule is Cc1cc(C)nc(NS(=O)(=O)c2ccc(N=Cc3cccc([N+](=O)[O-])c3)cc2)n1. The summed E-state index contributed by atoms with van der Waals surface area (Å²) in [6.07, 6.45) is 1.47. The molecular weight excluding hydrogens is 394 g/mol. The molecule has 0 spiro atoms. The van der Waals surface area contributed by atoms with Crippen LogP contribution in [0.25, 0.3) is 0 Å². The van der Waals surface area contributed by atoms with E-state index >= 15 is 0 Å². The predicted octanol–water partition coefficient (Wildman–Crippen LogP) is 3.55. The van der Waals surface area contributed by atoms with Gasteiger partial charge in [-0.3, -0.25) is 15.1 Å². The Kier molecular flexibility index (Phi) is 5.64. The maximum Gasteiger partial charge on any atom is 0.270 e. The summed E-state index contributed by atoms with van der Waals surface area (Å²) in [6, 6.07) is 13.7. The molecule has 0 saturated heterocycles. The molecule has 0 fully saturated rings. The summed E-state index contributed by atoms with van der Waals surface area (Å²) in [5.74, 6) is 0.00951. The summed E-state index contributed by atoms with van der Waals surface area (Å²) >= 11 is 0. The van der Waals surface area contributed by atoms with Crippen LogP contribution in [0.15, 0.2) is 64.5 Å². The van der Waals surface area contributed by atoms with Gasteiger partial charge in [0.25, 0.3) is 15.7 Å². The fourth-order valence-electron chi connectivity index (χ4n) is 2.53. The first-order valence-electron chi connectivity index (χ1n) is 8.47. The van der Waals surface area contributed by atoms with Gasteiger partial charge in [0.2, 0.25) is 5.95 Å². The van der Waals surface area contributed by atoms with Crippen molar-refractivity contribution in [1.82, 2.24) is 9.97 Å². The number of nitrogens with one attached hydrogen (secondary N) is 1. The molecule has 9 nitrogen and oxygen atoms in total. The lowest BCUT2D eigenvalue weighted by atomic mass is 10.2. The van der Waals surface area contributed by atoms with E-state index < -0.39 is 14.9 Å². The molecule has 3 aromatic rings. The Morgan fingerprint density at radius 3 is 2.31 bits per heavy atom. The van der Waals surface area contributed by atoms with Crippen molar-refractivity contribution in [3.63, 3.8) is 0 Å². The van der Waals surface area contributed by atoms with Crippen molar-refractivity contribution in [3.05, 3.63) is 81.7 Å². The first kappa shape index (κ1) is 20.1. The number of benzene rings is 2. The van der Waals surface area contributed by atoms with E-state index in [1.165, 1.54) is 42.6 Å². The molecule has 0 bridgehead atoms. The molecular formula is C19H17N5O4S. The Hall–Kier alpha value is -3.66. The smallest absolute Gasteiger partial charge is 0.258 e. The molecule has 29 heavy (non-hydrogen) atoms. The van der Waals surface area contributed by atoms with E-state index in [1.807, 2.05) is 0 Å². The fourth-order valence-corrected chi connectivity index (χ4v) is 3.47. The van der Waals surface area contributed by atoms with Crippen LogP contribution in [0.3, 0.4) is 0 Å². The number of sulfonamides is 1. The third-order valence-electron chi connectivity index (χ3n) is 3.80. The van der Waals surface area contributed by atoms with Crippen LogP contribution >= 0.6 is 0 Å². The van der Waals surface area contributed by atoms with E-state index in [2.05, 4.69) is 19.7 Å². The molecule has 1 N–H and O–H groups in total. The van der Waals surface area contributed by atoms with Gasteiger partial charge in [0.15, 0.2) is 0 Å². The molecule has 0 saturated carbocycles. The molecule has 1 heterocycles. The van der Waals surface area contributed by atoms with E-state index in [0.29, 0.717) is 22.6 Å². The highest BCUT2D eigenvalue weighted by molar-refractivity contribution is 7.92. The second-order valence-electron chi connectivity index (χ2n) is 6.18. The Labute approximate surface area is 167 Å². The monoisotopic (exact) mass is 411 g/mol. The lowest BCUT2D eigenvalue weighted by Crippen LogP contribution is -2.15. The Morgan fingerprint density at radius 2 is 1.69 bits per heavy atom. The summed E-state index contributed by atoms with van der Waals surface area (Å²) in [5.41, 5.74) is 2.33. The zero-order valence-corrected chi connectivity index (χ0v) is 16.4. The van der Waals surface area contributed by atoms with E-state index in [9.17, 15) is 18.5 Å². The molecule has 0 unspecified atom stereocenters. The van der Waals surface area contributed by atoms with Crippen molar-refractivity contribution in [2.24, 2.45) is 4.99 Å². The predicted molar refractivity (Wildman–Crippen MR) is 109 cm³/mol. The molecule has 0 amide bonds. The number of aromatic nitrogens is 2. The van der Waals surface area contributed by atoms with Gasteiger partial charge in [-0.1, -0.05) is 12.1 Å². The average molecular weight is 411 g/mol. The van der Waals surface area contributed by atoms with Crippen molar-refractivity contribution in [2.45, 2.75) is 18.7 Å². The zero-order chi connectivity index (χ0) is 21.0. The van der Waals surface area contributed by atoms with Crippen LogP contribution in [0.4, 0.5) is 17.3 Å². The molecule has 0 aliphatic carbocycles. The lowest BCUT2D eigenvalue weighted by Gasteiger charge is -2.08. The first-order chi connectivity index (χ1) is 13.7. The van der Waals surface area contributed by atoms with Crippen molar-refractivity contribution < 1.29 is 13.3 Å². The summed E-state index contributed by atoms with van der Waals surface area (Å²) in [6.45, 7) is 3.50. The number of nitrogens with zero attached hydrogens (tertiary/aromatic N) is 4. The van der Waals surface area contributed by atoms with Gasteiger partial charge in [-0.25, -0.2) is 23.1 Å². The second-order valence-corrected chi connectivity index (χ2v) is 7.87. The number of anilines is 1. The highest BCUT2D eigenvalue weighted by Gasteiger charge is 2.16. The minimum absolute atomic E-state index is 0.00951. The molecule has 3 rings (SSSR count). The van der Waals surface area contributed by atoms with Gasteiger partial charge >= 0.3 is 0 Å². The number of aryl methyl sites for hydroxylation is 2. The fraction of sp³-hybridized carbons (Fsp3) is 0.105. The van der Waals surface area contributed by atoms with Gasteiger partial charge in [0.05, 0.1) is 15.5 Å². The Balaban J connectivity index is 1.77. The highest BCUT2D eigenvalue weighted by Crippen LogP contribution is 2.19. The third kappa shape index (κ3) is 5.20. The van der Waals surface area contributed by atoms with Crippen LogP contribution in [-0.4, -0.2) is 29.5 Å². The summed E-state index contributed by atoms with van der Waals surface area (Å²) < 4.78 is 27.4. The van der Waals surface area contributed by atoms with Crippen LogP contribution in [-0.2, 0) is 10.0 Å². The van der Waals surface area contributed by atoms with Gasteiger partial charge in [-0.05, 0) is 49.7 Å². The number of hydrogen-bond acceptors (Lipinski definition) is 7. The summed E-state index contributed by atoms with van der Waals surface area (Å²) in [4.78, 5) is 22.7. The number of nitro groups is 1. The number of hydrogen-bond donors (Lipinski definition) is 1. The number of aliphatic imine (C=N–C) groups is 1. The normalized spacial score (nSPS) is 11.5. The standard InChI is InChI=1S/C19H17N5O4S/c1-13-10-14(2)22-19(21-13)23-29(27,28)18-8-6-16(7-9-18)20-12-15-4-3-5-17(11-15)24(25)26/h3-12H,1-2H3,(H,21,22,23). The van der Waals surface area contributed by atoms with Crippen LogP contribution < -0.4 is 4.72 Å². The van der Waals surface area contributed by atoms with E-state index in [0.717, 1.165) is 0 Å². The Bertz CT molecular complexity index is 1170. The van der Waals surface area contributed by atoms with Crippen molar-refractivity contribution in [2.75, 3.05) is 4.72 Å². The largest absolute Gasteiger partial charge is 0.270 e. The topological polar surface area (TPSA) is 127 Å². The maximum absolute atomic E-state index is 12.5. The second kappa shape index (κ2) is 8.15. The van der Waals surface area contributed by atoms with Crippen LogP contribution in [0.2, 0.25) is 0 Å². The average Bonchev–Trinajstić information content (AvgIpc) is 2.65. The van der Waals surface area contributed by atoms with Gasteiger partial charge in [-0.2, -0.15) is 0 Å². The van der Waals surface area contributed by atoms with Crippen LogP contribution in [0.1, 0.15) is 17.0 Å². The third-order valence-corrected chi connectivity index (χ3v) is 5.14. The lowest BCUT2D eigenvalue weighted by molar-refractivity contribution is -0.384. The van der Waals surface area contributed by atoms with Gasteiger partial charge in [0, 0.05) is 29.7 Å². The molecule has 10 heteroatoms. The minimum Gasteiger partial charge on any atom is -0.258 e. The van der Waals surface area contributed by atoms with Gasteiger partial charge < -0.3 is 0 Å². The van der Waals surface area contributed by atoms with Crippen molar-refractivity contribution in [1.29, 1.82) is 0 Å². The van der Waals surface area contributed by atoms with E-state index in [-0.39, 0.29) is 16.5 Å². The molecule has 2 aromatic carbocycles. The molecule has 0 aliphatic heterocycles. The Morgan fingerprint density at radius 1 is 1.03 bits per heavy atom. The maximum atomic E-state index is 12.5. The number of nitro benzene ring substituents is 1. The summed E-state index contributed by atoms with van der Waals surface area (Å²) in [7, 11) is -3.85. The molecule has 1 aromatic heterocycles.